The van der Waals surface area contributed by atoms with Gasteiger partial charge < -0.3 is 5.32 Å². The van der Waals surface area contributed by atoms with Crippen molar-refractivity contribution in [3.8, 4) is 0 Å². The van der Waals surface area contributed by atoms with Gasteiger partial charge >= 0.3 is 0 Å². The zero-order chi connectivity index (χ0) is 12.1. The Kier molecular flexibility index (Phi) is 4.54. The van der Waals surface area contributed by atoms with Crippen molar-refractivity contribution in [1.29, 1.82) is 0 Å². The Bertz CT molecular complexity index is 456. The summed E-state index contributed by atoms with van der Waals surface area (Å²) < 4.78 is 0. The van der Waals surface area contributed by atoms with Crippen LogP contribution in [0.4, 0.5) is 0 Å². The Morgan fingerprint density at radius 2 is 2.24 bits per heavy atom. The maximum Gasteiger partial charge on any atom is 0.0795 e. The van der Waals surface area contributed by atoms with Crippen LogP contribution < -0.4 is 5.32 Å². The van der Waals surface area contributed by atoms with E-state index in [4.69, 9.17) is 11.6 Å². The first-order valence-corrected chi connectivity index (χ1v) is 7.01. The number of hydrogen-bond acceptors (Lipinski definition) is 3. The second kappa shape index (κ2) is 6.15. The fourth-order valence-corrected chi connectivity index (χ4v) is 2.56. The van der Waals surface area contributed by atoms with Crippen LogP contribution >= 0.6 is 22.9 Å². The van der Waals surface area contributed by atoms with E-state index >= 15 is 0 Å². The van der Waals surface area contributed by atoms with Gasteiger partial charge in [-0.2, -0.15) is 0 Å². The van der Waals surface area contributed by atoms with Crippen LogP contribution in [-0.2, 0) is 0 Å². The summed E-state index contributed by atoms with van der Waals surface area (Å²) in [6, 6.07) is 8.02. The normalized spacial score (nSPS) is 12.6. The summed E-state index contributed by atoms with van der Waals surface area (Å²) in [5, 5.41) is 6.34. The monoisotopic (exact) mass is 266 g/mol. The molecule has 0 fully saturated rings. The topological polar surface area (TPSA) is 24.9 Å². The van der Waals surface area contributed by atoms with Crippen LogP contribution in [0.1, 0.15) is 30.6 Å². The lowest BCUT2D eigenvalue weighted by molar-refractivity contribution is 0.589. The molecule has 90 valence electrons. The summed E-state index contributed by atoms with van der Waals surface area (Å²) in [4.78, 5) is 4.38. The molecule has 1 aromatic carbocycles. The van der Waals surface area contributed by atoms with Gasteiger partial charge in [-0.15, -0.1) is 11.3 Å². The van der Waals surface area contributed by atoms with Gasteiger partial charge in [0.2, 0.25) is 0 Å². The maximum absolute atomic E-state index is 6.25. The van der Waals surface area contributed by atoms with Crippen molar-refractivity contribution in [3.63, 3.8) is 0 Å². The first kappa shape index (κ1) is 12.6. The summed E-state index contributed by atoms with van der Waals surface area (Å²) >= 11 is 7.86. The highest BCUT2D eigenvalue weighted by Crippen LogP contribution is 2.27. The molecular weight excluding hydrogens is 252 g/mol. The molecule has 1 unspecified atom stereocenters. The minimum atomic E-state index is 0.0925. The van der Waals surface area contributed by atoms with Crippen LogP contribution in [0.5, 0.6) is 0 Å². The number of nitrogens with zero attached hydrogens (tertiary/aromatic N) is 1. The van der Waals surface area contributed by atoms with E-state index in [1.807, 2.05) is 23.7 Å². The fourth-order valence-electron chi connectivity index (χ4n) is 1.74. The summed E-state index contributed by atoms with van der Waals surface area (Å²) in [6.07, 6.45) is 1.09. The molecule has 0 aliphatic rings. The molecule has 0 radical (unpaired) electrons. The molecule has 0 aliphatic heterocycles. The predicted octanol–water partition coefficient (Wildman–Crippen LogP) is 3.89. The molecule has 0 amide bonds. The molecular formula is C13H15ClN2S. The first-order valence-electron chi connectivity index (χ1n) is 5.68. The zero-order valence-electron chi connectivity index (χ0n) is 9.69. The van der Waals surface area contributed by atoms with Gasteiger partial charge in [-0.05, 0) is 24.6 Å². The molecule has 2 aromatic rings. The Morgan fingerprint density at radius 3 is 2.88 bits per heavy atom. The molecule has 0 saturated carbocycles. The molecule has 4 heteroatoms. The van der Waals surface area contributed by atoms with Crippen LogP contribution in [-0.4, -0.2) is 11.5 Å². The molecule has 0 saturated heterocycles. The number of halogens is 1. The average molecular weight is 267 g/mol. The van der Waals surface area contributed by atoms with Crippen molar-refractivity contribution < 1.29 is 0 Å². The van der Waals surface area contributed by atoms with Crippen molar-refractivity contribution in [2.24, 2.45) is 0 Å². The van der Waals surface area contributed by atoms with Crippen molar-refractivity contribution in [2.75, 3.05) is 6.54 Å². The highest BCUT2D eigenvalue weighted by molar-refractivity contribution is 7.07. The zero-order valence-corrected chi connectivity index (χ0v) is 11.3. The van der Waals surface area contributed by atoms with E-state index < -0.39 is 0 Å². The minimum Gasteiger partial charge on any atom is -0.305 e. The molecule has 0 spiro atoms. The van der Waals surface area contributed by atoms with E-state index in [1.165, 1.54) is 0 Å². The lowest BCUT2D eigenvalue weighted by Crippen LogP contribution is -2.23. The first-order chi connectivity index (χ1) is 8.33. The van der Waals surface area contributed by atoms with Gasteiger partial charge in [0.15, 0.2) is 0 Å². The van der Waals surface area contributed by atoms with Crippen LogP contribution in [0.25, 0.3) is 0 Å². The standard InChI is InChI=1S/C13H15ClN2S/c1-2-7-15-13(12-8-17-9-16-12)10-5-3-4-6-11(10)14/h3-6,8-9,13,15H,2,7H2,1H3. The van der Waals surface area contributed by atoms with Crippen molar-refractivity contribution >= 4 is 22.9 Å². The maximum atomic E-state index is 6.25. The van der Waals surface area contributed by atoms with Crippen LogP contribution in [0, 0.1) is 0 Å². The van der Waals surface area contributed by atoms with Gasteiger partial charge in [-0.1, -0.05) is 36.7 Å². The van der Waals surface area contributed by atoms with Gasteiger partial charge in [0, 0.05) is 10.4 Å². The smallest absolute Gasteiger partial charge is 0.0795 e. The number of aromatic nitrogens is 1. The SMILES string of the molecule is CCCNC(c1cscn1)c1ccccc1Cl. The number of rotatable bonds is 5. The highest BCUT2D eigenvalue weighted by atomic mass is 35.5. The summed E-state index contributed by atoms with van der Waals surface area (Å²) in [7, 11) is 0. The van der Waals surface area contributed by atoms with E-state index in [9.17, 15) is 0 Å². The van der Waals surface area contributed by atoms with E-state index in [0.29, 0.717) is 0 Å². The third-order valence-corrected chi connectivity index (χ3v) is 3.51. The number of benzene rings is 1. The van der Waals surface area contributed by atoms with Crippen LogP contribution in [0.2, 0.25) is 5.02 Å². The molecule has 0 aliphatic carbocycles. The second-order valence-corrected chi connectivity index (χ2v) is 4.95. The van der Waals surface area contributed by atoms with Crippen molar-refractivity contribution in [3.05, 3.63) is 51.4 Å². The summed E-state index contributed by atoms with van der Waals surface area (Å²) in [6.45, 7) is 3.10. The van der Waals surface area contributed by atoms with Gasteiger partial charge in [-0.3, -0.25) is 0 Å². The Balaban J connectivity index is 2.30. The predicted molar refractivity (Wildman–Crippen MR) is 73.7 cm³/mol. The Morgan fingerprint density at radius 1 is 1.41 bits per heavy atom. The average Bonchev–Trinajstić information content (AvgIpc) is 2.85. The minimum absolute atomic E-state index is 0.0925. The van der Waals surface area contributed by atoms with E-state index in [-0.39, 0.29) is 6.04 Å². The van der Waals surface area contributed by atoms with Gasteiger partial charge in [-0.25, -0.2) is 4.98 Å². The Hall–Kier alpha value is -0.900. The van der Waals surface area contributed by atoms with Crippen molar-refractivity contribution in [2.45, 2.75) is 19.4 Å². The molecule has 17 heavy (non-hydrogen) atoms. The molecule has 1 aromatic heterocycles. The third kappa shape index (κ3) is 3.06. The van der Waals surface area contributed by atoms with Gasteiger partial charge in [0.25, 0.3) is 0 Å². The largest absolute Gasteiger partial charge is 0.305 e. The van der Waals surface area contributed by atoms with Crippen LogP contribution in [0.15, 0.2) is 35.2 Å². The number of thiazole rings is 1. The van der Waals surface area contributed by atoms with E-state index in [2.05, 4.69) is 28.7 Å². The molecule has 2 nitrogen and oxygen atoms in total. The summed E-state index contributed by atoms with van der Waals surface area (Å²) in [5.41, 5.74) is 3.98. The summed E-state index contributed by atoms with van der Waals surface area (Å²) in [5.74, 6) is 0. The van der Waals surface area contributed by atoms with Crippen molar-refractivity contribution in [1.82, 2.24) is 10.3 Å². The third-order valence-electron chi connectivity index (χ3n) is 2.56. The quantitative estimate of drug-likeness (QED) is 0.888. The second-order valence-electron chi connectivity index (χ2n) is 3.82. The molecule has 1 heterocycles. The highest BCUT2D eigenvalue weighted by Gasteiger charge is 2.17. The fraction of sp³-hybridized carbons (Fsp3) is 0.308. The van der Waals surface area contributed by atoms with Gasteiger partial charge in [0.1, 0.15) is 0 Å². The number of nitrogens with one attached hydrogen (secondary N) is 1. The molecule has 0 bridgehead atoms. The van der Waals surface area contributed by atoms with Crippen LogP contribution in [0.3, 0.4) is 0 Å². The Labute approximate surface area is 111 Å². The molecule has 1 atom stereocenters. The molecule has 1 N–H and O–H groups in total. The lowest BCUT2D eigenvalue weighted by Gasteiger charge is -2.18. The van der Waals surface area contributed by atoms with E-state index in [1.54, 1.807) is 11.3 Å². The number of hydrogen-bond donors (Lipinski definition) is 1. The molecule has 2 rings (SSSR count). The van der Waals surface area contributed by atoms with Gasteiger partial charge in [0.05, 0.1) is 17.2 Å². The van der Waals surface area contributed by atoms with E-state index in [0.717, 1.165) is 29.2 Å². The lowest BCUT2D eigenvalue weighted by atomic mass is 10.0.